The summed E-state index contributed by atoms with van der Waals surface area (Å²) in [5.41, 5.74) is 7.31. The fraction of sp³-hybridized carbons (Fsp3) is 0.417. The summed E-state index contributed by atoms with van der Waals surface area (Å²) < 4.78 is 41.7. The number of alkyl halides is 3. The van der Waals surface area contributed by atoms with Crippen LogP contribution in [0.5, 0.6) is 0 Å². The highest BCUT2D eigenvalue weighted by Crippen LogP contribution is 2.23. The van der Waals surface area contributed by atoms with Crippen molar-refractivity contribution in [2.24, 2.45) is 0 Å². The summed E-state index contributed by atoms with van der Waals surface area (Å²) in [5.74, 6) is 0.359. The van der Waals surface area contributed by atoms with E-state index in [1.54, 1.807) is 25.2 Å². The van der Waals surface area contributed by atoms with Crippen molar-refractivity contribution in [3.63, 3.8) is 0 Å². The molecule has 0 amide bonds. The third-order valence-electron chi connectivity index (χ3n) is 2.68. The van der Waals surface area contributed by atoms with Crippen LogP contribution in [-0.2, 0) is 6.54 Å². The molecule has 1 aromatic carbocycles. The van der Waals surface area contributed by atoms with Crippen molar-refractivity contribution in [1.29, 1.82) is 0 Å². The fourth-order valence-corrected chi connectivity index (χ4v) is 1.71. The lowest BCUT2D eigenvalue weighted by atomic mass is 10.3. The van der Waals surface area contributed by atoms with E-state index in [0.717, 1.165) is 0 Å². The fourth-order valence-electron chi connectivity index (χ4n) is 1.71. The van der Waals surface area contributed by atoms with Gasteiger partial charge >= 0.3 is 6.18 Å². The molecule has 104 valence electrons. The Morgan fingerprint density at radius 3 is 2.74 bits per heavy atom. The standard InChI is InChI=1S/C12H14F3N3O/c1-18(6-5-12(13,14)15)7-10-17-11-8(16)3-2-4-9(11)19-10/h2-4H,5-7,16H2,1H3. The number of benzene rings is 1. The van der Waals surface area contributed by atoms with Crippen LogP contribution < -0.4 is 5.73 Å². The number of hydrogen-bond acceptors (Lipinski definition) is 4. The van der Waals surface area contributed by atoms with Crippen LogP contribution in [-0.4, -0.2) is 29.7 Å². The number of anilines is 1. The normalized spacial score (nSPS) is 12.5. The van der Waals surface area contributed by atoms with E-state index in [2.05, 4.69) is 4.98 Å². The van der Waals surface area contributed by atoms with Gasteiger partial charge in [-0.2, -0.15) is 13.2 Å². The molecule has 1 heterocycles. The number of halogens is 3. The molecule has 0 atom stereocenters. The number of nitrogens with zero attached hydrogens (tertiary/aromatic N) is 2. The van der Waals surface area contributed by atoms with E-state index in [-0.39, 0.29) is 13.1 Å². The van der Waals surface area contributed by atoms with Crippen molar-refractivity contribution in [3.05, 3.63) is 24.1 Å². The predicted molar refractivity (Wildman–Crippen MR) is 65.4 cm³/mol. The van der Waals surface area contributed by atoms with Crippen LogP contribution in [0, 0.1) is 0 Å². The maximum Gasteiger partial charge on any atom is 0.390 e. The van der Waals surface area contributed by atoms with E-state index in [1.807, 2.05) is 0 Å². The van der Waals surface area contributed by atoms with Crippen LogP contribution in [0.2, 0.25) is 0 Å². The van der Waals surface area contributed by atoms with Gasteiger partial charge in [0.1, 0.15) is 5.52 Å². The van der Waals surface area contributed by atoms with Gasteiger partial charge in [0.15, 0.2) is 5.58 Å². The zero-order valence-electron chi connectivity index (χ0n) is 10.4. The zero-order valence-corrected chi connectivity index (χ0v) is 10.4. The molecule has 0 fully saturated rings. The van der Waals surface area contributed by atoms with E-state index >= 15 is 0 Å². The first kappa shape index (κ1) is 13.7. The largest absolute Gasteiger partial charge is 0.439 e. The smallest absolute Gasteiger partial charge is 0.390 e. The number of fused-ring (bicyclic) bond motifs is 1. The monoisotopic (exact) mass is 273 g/mol. The lowest BCUT2D eigenvalue weighted by Crippen LogP contribution is -2.24. The molecule has 0 spiro atoms. The van der Waals surface area contributed by atoms with E-state index in [9.17, 15) is 13.2 Å². The maximum absolute atomic E-state index is 12.1. The quantitative estimate of drug-likeness (QED) is 0.870. The van der Waals surface area contributed by atoms with Crippen LogP contribution in [0.3, 0.4) is 0 Å². The van der Waals surface area contributed by atoms with Crippen molar-refractivity contribution >= 4 is 16.8 Å². The van der Waals surface area contributed by atoms with Gasteiger partial charge in [-0.25, -0.2) is 4.98 Å². The first-order valence-electron chi connectivity index (χ1n) is 5.74. The predicted octanol–water partition coefficient (Wildman–Crippen LogP) is 2.79. The SMILES string of the molecule is CN(CCC(F)(F)F)Cc1nc2c(N)cccc2o1. The van der Waals surface area contributed by atoms with Crippen molar-refractivity contribution in [1.82, 2.24) is 9.88 Å². The average molecular weight is 273 g/mol. The number of para-hydroxylation sites is 1. The van der Waals surface area contributed by atoms with E-state index in [1.165, 1.54) is 4.90 Å². The van der Waals surface area contributed by atoms with Gasteiger partial charge in [0.2, 0.25) is 5.89 Å². The number of nitrogens with two attached hydrogens (primary N) is 1. The minimum Gasteiger partial charge on any atom is -0.439 e. The molecule has 0 aliphatic heterocycles. The Hall–Kier alpha value is -1.76. The third-order valence-corrected chi connectivity index (χ3v) is 2.68. The van der Waals surface area contributed by atoms with Gasteiger partial charge in [-0.1, -0.05) is 6.07 Å². The molecule has 0 aliphatic carbocycles. The lowest BCUT2D eigenvalue weighted by Gasteiger charge is -2.15. The molecule has 0 bridgehead atoms. The molecule has 4 nitrogen and oxygen atoms in total. The van der Waals surface area contributed by atoms with Crippen LogP contribution in [0.15, 0.2) is 22.6 Å². The topological polar surface area (TPSA) is 55.3 Å². The molecular formula is C12H14F3N3O. The van der Waals surface area contributed by atoms with Crippen LogP contribution >= 0.6 is 0 Å². The summed E-state index contributed by atoms with van der Waals surface area (Å²) in [7, 11) is 1.59. The minimum absolute atomic E-state index is 0.0995. The molecule has 7 heteroatoms. The second kappa shape index (κ2) is 5.08. The third kappa shape index (κ3) is 3.60. The molecule has 2 aromatic rings. The lowest BCUT2D eigenvalue weighted by molar-refractivity contribution is -0.137. The van der Waals surface area contributed by atoms with E-state index in [4.69, 9.17) is 10.2 Å². The second-order valence-corrected chi connectivity index (χ2v) is 4.40. The Kier molecular flexibility index (Phi) is 3.66. The molecule has 19 heavy (non-hydrogen) atoms. The highest BCUT2D eigenvalue weighted by molar-refractivity contribution is 5.85. The molecular weight excluding hydrogens is 259 g/mol. The van der Waals surface area contributed by atoms with E-state index < -0.39 is 12.6 Å². The van der Waals surface area contributed by atoms with Crippen molar-refractivity contribution < 1.29 is 17.6 Å². The zero-order chi connectivity index (χ0) is 14.0. The number of oxazole rings is 1. The van der Waals surface area contributed by atoms with Gasteiger partial charge < -0.3 is 10.2 Å². The van der Waals surface area contributed by atoms with Gasteiger partial charge in [-0.15, -0.1) is 0 Å². The van der Waals surface area contributed by atoms with Crippen LogP contribution in [0.1, 0.15) is 12.3 Å². The maximum atomic E-state index is 12.1. The summed E-state index contributed by atoms with van der Waals surface area (Å²) in [6, 6.07) is 5.15. The number of aromatic nitrogens is 1. The Morgan fingerprint density at radius 1 is 1.37 bits per heavy atom. The van der Waals surface area contributed by atoms with Crippen molar-refractivity contribution in [3.8, 4) is 0 Å². The van der Waals surface area contributed by atoms with Gasteiger partial charge in [0.05, 0.1) is 18.7 Å². The first-order chi connectivity index (χ1) is 8.85. The Bertz CT molecular complexity index is 565. The Labute approximate surface area is 108 Å². The molecule has 0 radical (unpaired) electrons. The van der Waals surface area contributed by atoms with Gasteiger partial charge in [-0.3, -0.25) is 4.90 Å². The Morgan fingerprint density at radius 2 is 2.11 bits per heavy atom. The molecule has 2 rings (SSSR count). The molecule has 1 aromatic heterocycles. The van der Waals surface area contributed by atoms with Crippen LogP contribution in [0.25, 0.3) is 11.1 Å². The molecule has 0 aliphatic rings. The highest BCUT2D eigenvalue weighted by atomic mass is 19.4. The molecule has 0 unspecified atom stereocenters. The van der Waals surface area contributed by atoms with Crippen molar-refractivity contribution in [2.75, 3.05) is 19.3 Å². The first-order valence-corrected chi connectivity index (χ1v) is 5.74. The summed E-state index contributed by atoms with van der Waals surface area (Å²) >= 11 is 0. The summed E-state index contributed by atoms with van der Waals surface area (Å²) in [5, 5.41) is 0. The number of rotatable bonds is 4. The van der Waals surface area contributed by atoms with E-state index in [0.29, 0.717) is 22.7 Å². The van der Waals surface area contributed by atoms with Crippen LogP contribution in [0.4, 0.5) is 18.9 Å². The highest BCUT2D eigenvalue weighted by Gasteiger charge is 2.27. The van der Waals surface area contributed by atoms with Gasteiger partial charge in [0.25, 0.3) is 0 Å². The molecule has 0 saturated carbocycles. The summed E-state index contributed by atoms with van der Waals surface area (Å²) in [4.78, 5) is 5.69. The van der Waals surface area contributed by atoms with Gasteiger partial charge in [-0.05, 0) is 19.2 Å². The second-order valence-electron chi connectivity index (χ2n) is 4.40. The minimum atomic E-state index is -4.15. The van der Waals surface area contributed by atoms with Gasteiger partial charge in [0, 0.05) is 6.54 Å². The number of hydrogen-bond donors (Lipinski definition) is 1. The Balaban J connectivity index is 2.03. The average Bonchev–Trinajstić information content (AvgIpc) is 2.69. The number of nitrogen functional groups attached to an aromatic ring is 1. The summed E-state index contributed by atoms with van der Waals surface area (Å²) in [6.45, 7) is 0.113. The molecule has 2 N–H and O–H groups in total. The molecule has 0 saturated heterocycles. The summed E-state index contributed by atoms with van der Waals surface area (Å²) in [6.07, 6.45) is -5.01. The van der Waals surface area contributed by atoms with Crippen molar-refractivity contribution in [2.45, 2.75) is 19.1 Å².